The number of thiophene rings is 1. The second-order valence-electron chi connectivity index (χ2n) is 10.9. The number of aryl methyl sites for hydroxylation is 4. The standard InChI is InChI=1S/C10H8.C9H7N.C6H6.C5H5N.C4H6N2O.C4H6N2S.C4H4S.C3H3NS.12C2H6/c1-2-6-10-8-4-3-7-9(10)5-1;1-2-6-9-8(4-1)5-3-7-10-9;2*1-2-4-6-5-3-1;2*1-3-5-6-4(2)7-3;1-2-4-5-3-1;1-2-5-3-4-1;12*1-2/h1-8H;1-7H;1-6H;1-5H;2*1-2H3;1-4H;1-3H;12*1-2H3. The molecule has 0 fully saturated rings. The first-order valence-corrected chi connectivity index (χ1v) is 32.1. The third-order valence-corrected chi connectivity index (χ3v) is 8.34. The number of para-hydroxylation sites is 1. The van der Waals surface area contributed by atoms with Gasteiger partial charge in [0.2, 0.25) is 11.8 Å². The minimum Gasteiger partial charge on any atom is -0.426 e. The fraction of sp³-hybridized carbons (Fsp3) is 0.406. The van der Waals surface area contributed by atoms with Crippen molar-refractivity contribution in [3.63, 3.8) is 0 Å². The largest absolute Gasteiger partial charge is 0.426 e. The summed E-state index contributed by atoms with van der Waals surface area (Å²) in [6.07, 6.45) is 7.08. The normalized spacial score (nSPS) is 7.25. The first-order chi connectivity index (χ1) is 39.5. The maximum Gasteiger partial charge on any atom is 0.213 e. The van der Waals surface area contributed by atoms with E-state index < -0.39 is 0 Å². The van der Waals surface area contributed by atoms with E-state index in [4.69, 9.17) is 4.42 Å². The van der Waals surface area contributed by atoms with Gasteiger partial charge in [0.1, 0.15) is 10.0 Å². The molecule has 6 heterocycles. The molecule has 452 valence electrons. The van der Waals surface area contributed by atoms with Gasteiger partial charge in [-0.2, -0.15) is 11.3 Å². The lowest BCUT2D eigenvalue weighted by Gasteiger charge is -1.92. The van der Waals surface area contributed by atoms with Gasteiger partial charge >= 0.3 is 0 Å². The molecule has 80 heavy (non-hydrogen) atoms. The fourth-order valence-corrected chi connectivity index (χ4v) is 5.44. The summed E-state index contributed by atoms with van der Waals surface area (Å²) in [6, 6.07) is 50.6. The number of aromatic nitrogens is 7. The molecule has 0 unspecified atom stereocenters. The van der Waals surface area contributed by atoms with E-state index in [1.165, 1.54) is 16.2 Å². The average Bonchev–Trinajstić information content (AvgIpc) is 4.48. The molecule has 0 aliphatic carbocycles. The van der Waals surface area contributed by atoms with E-state index in [-0.39, 0.29) is 0 Å². The molecule has 0 radical (unpaired) electrons. The Hall–Kier alpha value is -6.27. The molecule has 0 amide bonds. The van der Waals surface area contributed by atoms with Crippen molar-refractivity contribution < 1.29 is 4.42 Å². The van der Waals surface area contributed by atoms with Gasteiger partial charge in [-0.1, -0.05) is 294 Å². The highest BCUT2D eigenvalue weighted by Crippen LogP contribution is 2.11. The first-order valence-electron chi connectivity index (χ1n) is 29.4. The van der Waals surface area contributed by atoms with Crippen molar-refractivity contribution >= 4 is 55.7 Å². The van der Waals surface area contributed by atoms with Gasteiger partial charge in [0.05, 0.1) is 11.0 Å². The van der Waals surface area contributed by atoms with E-state index in [0.29, 0.717) is 11.8 Å². The number of hydrogen-bond donors (Lipinski definition) is 0. The summed E-state index contributed by atoms with van der Waals surface area (Å²) in [5.41, 5.74) is 2.85. The van der Waals surface area contributed by atoms with Crippen LogP contribution in [0.25, 0.3) is 21.7 Å². The van der Waals surface area contributed by atoms with Crippen LogP contribution in [-0.2, 0) is 0 Å². The molecule has 10 aromatic rings. The van der Waals surface area contributed by atoms with Crippen LogP contribution in [0.3, 0.4) is 0 Å². The minimum absolute atomic E-state index is 0.623. The Labute approximate surface area is 506 Å². The lowest BCUT2D eigenvalue weighted by Crippen LogP contribution is -1.73. The molecule has 0 aliphatic heterocycles. The van der Waals surface area contributed by atoms with E-state index in [0.717, 1.165) is 15.5 Å². The van der Waals surface area contributed by atoms with Gasteiger partial charge in [-0.3, -0.25) is 15.0 Å². The average molecular weight is 1160 g/mol. The molecule has 0 spiro atoms. The highest BCUT2D eigenvalue weighted by Gasteiger charge is 1.90. The Kier molecular flexibility index (Phi) is 118. The van der Waals surface area contributed by atoms with Crippen LogP contribution in [0.1, 0.15) is 188 Å². The molecule has 0 bridgehead atoms. The lowest BCUT2D eigenvalue weighted by molar-refractivity contribution is 0.489. The number of hydrogen-bond acceptors (Lipinski definition) is 11. The van der Waals surface area contributed by atoms with Crippen molar-refractivity contribution in [2.45, 2.75) is 194 Å². The Morgan fingerprint density at radius 2 is 0.625 bits per heavy atom. The molecular formula is C69H117N7OS3. The summed E-state index contributed by atoms with van der Waals surface area (Å²) >= 11 is 4.94. The summed E-state index contributed by atoms with van der Waals surface area (Å²) in [6.45, 7) is 55.4. The Balaban J connectivity index is -0.0000000836. The quantitative estimate of drug-likeness (QED) is 0.148. The van der Waals surface area contributed by atoms with E-state index in [2.05, 4.69) is 96.0 Å². The molecule has 8 nitrogen and oxygen atoms in total. The molecule has 0 atom stereocenters. The van der Waals surface area contributed by atoms with Crippen LogP contribution in [0.5, 0.6) is 0 Å². The van der Waals surface area contributed by atoms with Crippen molar-refractivity contribution in [2.24, 2.45) is 0 Å². The summed E-state index contributed by atoms with van der Waals surface area (Å²) in [7, 11) is 0. The van der Waals surface area contributed by atoms with E-state index in [9.17, 15) is 0 Å². The van der Waals surface area contributed by atoms with Crippen LogP contribution in [-0.4, -0.2) is 35.3 Å². The number of pyridine rings is 2. The van der Waals surface area contributed by atoms with E-state index >= 15 is 0 Å². The molecule has 0 saturated carbocycles. The predicted octanol–water partition coefficient (Wildman–Crippen LogP) is 24.9. The van der Waals surface area contributed by atoms with Crippen LogP contribution in [0, 0.1) is 27.7 Å². The van der Waals surface area contributed by atoms with Gasteiger partial charge in [-0.05, 0) is 59.6 Å². The van der Waals surface area contributed by atoms with Crippen molar-refractivity contribution in [3.8, 4) is 0 Å². The number of benzene rings is 4. The lowest BCUT2D eigenvalue weighted by atomic mass is 10.1. The zero-order chi connectivity index (χ0) is 63.7. The summed E-state index contributed by atoms with van der Waals surface area (Å²) in [5, 5.41) is 26.7. The monoisotopic (exact) mass is 1160 g/mol. The zero-order valence-electron chi connectivity index (χ0n) is 55.8. The Morgan fingerprint density at radius 1 is 0.287 bits per heavy atom. The Bertz CT molecular complexity index is 1920. The van der Waals surface area contributed by atoms with Gasteiger partial charge in [-0.15, -0.1) is 43.1 Å². The first kappa shape index (κ1) is 96.0. The number of nitrogens with zero attached hydrogens (tertiary/aromatic N) is 7. The summed E-state index contributed by atoms with van der Waals surface area (Å²) in [4.78, 5) is 11.7. The number of rotatable bonds is 0. The summed E-state index contributed by atoms with van der Waals surface area (Å²) in [5.74, 6) is 1.25. The van der Waals surface area contributed by atoms with Crippen molar-refractivity contribution in [1.29, 1.82) is 0 Å². The molecule has 0 N–H and O–H groups in total. The highest BCUT2D eigenvalue weighted by atomic mass is 32.1. The molecule has 4 aromatic carbocycles. The summed E-state index contributed by atoms with van der Waals surface area (Å²) < 4.78 is 4.86. The second kappa shape index (κ2) is 98.2. The molecule has 11 heteroatoms. The van der Waals surface area contributed by atoms with Gasteiger partial charge in [0, 0.05) is 49.4 Å². The zero-order valence-corrected chi connectivity index (χ0v) is 58.3. The van der Waals surface area contributed by atoms with Crippen LogP contribution in [0.15, 0.2) is 203 Å². The Morgan fingerprint density at radius 3 is 0.838 bits per heavy atom. The van der Waals surface area contributed by atoms with Gasteiger partial charge in [0.25, 0.3) is 0 Å². The topological polar surface area (TPSA) is 103 Å². The minimum atomic E-state index is 0.623. The number of fused-ring (bicyclic) bond motifs is 2. The van der Waals surface area contributed by atoms with Crippen LogP contribution in [0.2, 0.25) is 0 Å². The predicted molar refractivity (Wildman–Crippen MR) is 372 cm³/mol. The molecular weight excluding hydrogens is 1040 g/mol. The smallest absolute Gasteiger partial charge is 0.213 e. The third-order valence-electron chi connectivity index (χ3n) is 6.43. The van der Waals surface area contributed by atoms with E-state index in [1.807, 2.05) is 293 Å². The van der Waals surface area contributed by atoms with Gasteiger partial charge in [0.15, 0.2) is 0 Å². The maximum atomic E-state index is 4.86. The maximum absolute atomic E-state index is 4.86. The molecule has 10 rings (SSSR count). The molecule has 0 saturated heterocycles. The molecule has 6 aromatic heterocycles. The van der Waals surface area contributed by atoms with Crippen LogP contribution < -0.4 is 0 Å². The van der Waals surface area contributed by atoms with Crippen LogP contribution in [0.4, 0.5) is 0 Å². The third kappa shape index (κ3) is 73.8. The SMILES string of the molecule is CC.CC.CC.CC.CC.CC.CC.CC.CC.CC.CC.CC.Cc1nnc(C)o1.Cc1nnc(C)s1.c1ccc2ccccc2c1.c1ccc2ncccc2c1.c1ccccc1.c1ccncc1.c1ccsc1.c1cscn1. The van der Waals surface area contributed by atoms with Gasteiger partial charge in [-0.25, -0.2) is 0 Å². The van der Waals surface area contributed by atoms with E-state index in [1.54, 1.807) is 72.0 Å². The van der Waals surface area contributed by atoms with Crippen LogP contribution >= 0.6 is 34.0 Å². The second-order valence-corrected chi connectivity index (χ2v) is 13.8. The molecule has 0 aliphatic rings. The fourth-order valence-electron chi connectivity index (χ4n) is 4.04. The van der Waals surface area contributed by atoms with Crippen molar-refractivity contribution in [1.82, 2.24) is 35.3 Å². The highest BCUT2D eigenvalue weighted by molar-refractivity contribution is 7.11. The van der Waals surface area contributed by atoms with Gasteiger partial charge < -0.3 is 4.42 Å². The number of thiazole rings is 1. The van der Waals surface area contributed by atoms with Crippen molar-refractivity contribution in [3.05, 3.63) is 220 Å². The van der Waals surface area contributed by atoms with Crippen molar-refractivity contribution in [2.75, 3.05) is 0 Å².